The van der Waals surface area contributed by atoms with Crippen molar-refractivity contribution in [2.24, 2.45) is 0 Å². The Morgan fingerprint density at radius 3 is 2.57 bits per heavy atom. The van der Waals surface area contributed by atoms with Gasteiger partial charge in [0.15, 0.2) is 5.78 Å². The van der Waals surface area contributed by atoms with Crippen LogP contribution in [0.1, 0.15) is 28.9 Å². The van der Waals surface area contributed by atoms with Gasteiger partial charge in [-0.2, -0.15) is 0 Å². The minimum atomic E-state index is -0.803. The van der Waals surface area contributed by atoms with Gasteiger partial charge in [-0.25, -0.2) is 4.39 Å². The second kappa shape index (κ2) is 6.70. The first-order valence-corrected chi connectivity index (χ1v) is 6.83. The van der Waals surface area contributed by atoms with Crippen molar-refractivity contribution in [1.29, 1.82) is 0 Å². The molecule has 2 N–H and O–H groups in total. The molecule has 0 radical (unpaired) electrons. The van der Waals surface area contributed by atoms with Crippen LogP contribution >= 0.6 is 11.6 Å². The third-order valence-corrected chi connectivity index (χ3v) is 3.37. The molecule has 1 unspecified atom stereocenters. The van der Waals surface area contributed by atoms with Crippen molar-refractivity contribution in [2.75, 3.05) is 11.9 Å². The lowest BCUT2D eigenvalue weighted by Crippen LogP contribution is -2.13. The van der Waals surface area contributed by atoms with Crippen molar-refractivity contribution in [2.45, 2.75) is 13.0 Å². The van der Waals surface area contributed by atoms with Crippen molar-refractivity contribution < 1.29 is 14.3 Å². The summed E-state index contributed by atoms with van der Waals surface area (Å²) in [5.41, 5.74) is 1.28. The van der Waals surface area contributed by atoms with Gasteiger partial charge in [0.1, 0.15) is 5.82 Å². The third-order valence-electron chi connectivity index (χ3n) is 3.11. The van der Waals surface area contributed by atoms with Crippen LogP contribution in [0.2, 0.25) is 5.02 Å². The highest BCUT2D eigenvalue weighted by atomic mass is 35.5. The molecule has 2 rings (SSSR count). The Kier molecular flexibility index (Phi) is 4.94. The summed E-state index contributed by atoms with van der Waals surface area (Å²) in [7, 11) is 0. The first-order chi connectivity index (χ1) is 9.97. The molecule has 0 aromatic heterocycles. The number of benzene rings is 2. The molecule has 0 spiro atoms. The van der Waals surface area contributed by atoms with E-state index >= 15 is 0 Å². The average molecular weight is 308 g/mol. The molecule has 0 saturated heterocycles. The lowest BCUT2D eigenvalue weighted by atomic mass is 10.1. The molecule has 110 valence electrons. The number of Topliss-reactive ketones (excluding diaryl/α,β-unsaturated/α-hetero) is 1. The number of rotatable bonds is 5. The van der Waals surface area contributed by atoms with Gasteiger partial charge in [-0.1, -0.05) is 23.7 Å². The fourth-order valence-electron chi connectivity index (χ4n) is 1.89. The van der Waals surface area contributed by atoms with Gasteiger partial charge in [-0.15, -0.1) is 0 Å². The second-order valence-corrected chi connectivity index (χ2v) is 5.14. The zero-order chi connectivity index (χ0) is 15.4. The van der Waals surface area contributed by atoms with E-state index in [1.807, 2.05) is 0 Å². The van der Waals surface area contributed by atoms with Gasteiger partial charge in [0.2, 0.25) is 0 Å². The van der Waals surface area contributed by atoms with Crippen molar-refractivity contribution in [3.8, 4) is 0 Å². The van der Waals surface area contributed by atoms with E-state index in [1.54, 1.807) is 24.3 Å². The van der Waals surface area contributed by atoms with Crippen LogP contribution in [0.5, 0.6) is 0 Å². The number of anilines is 1. The van der Waals surface area contributed by atoms with E-state index in [2.05, 4.69) is 5.32 Å². The Bertz CT molecular complexity index is 643. The fourth-order valence-corrected chi connectivity index (χ4v) is 2.02. The SMILES string of the molecule is CC(=O)c1ccc(F)c(NCC(O)c2ccc(Cl)cc2)c1. The summed E-state index contributed by atoms with van der Waals surface area (Å²) in [6.45, 7) is 1.54. The highest BCUT2D eigenvalue weighted by molar-refractivity contribution is 6.30. The first-order valence-electron chi connectivity index (χ1n) is 6.45. The molecule has 21 heavy (non-hydrogen) atoms. The molecule has 0 bridgehead atoms. The predicted octanol–water partition coefficient (Wildman–Crippen LogP) is 3.83. The molecule has 0 saturated carbocycles. The summed E-state index contributed by atoms with van der Waals surface area (Å²) in [5.74, 6) is -0.611. The number of ketones is 1. The number of hydrogen-bond acceptors (Lipinski definition) is 3. The average Bonchev–Trinajstić information content (AvgIpc) is 2.46. The third kappa shape index (κ3) is 4.03. The molecule has 0 aliphatic heterocycles. The van der Waals surface area contributed by atoms with Crippen LogP contribution in [0.15, 0.2) is 42.5 Å². The number of carbonyl (C=O) groups excluding carboxylic acids is 1. The van der Waals surface area contributed by atoms with E-state index < -0.39 is 11.9 Å². The Labute approximate surface area is 127 Å². The Balaban J connectivity index is 2.07. The summed E-state index contributed by atoms with van der Waals surface area (Å²) >= 11 is 5.78. The van der Waals surface area contributed by atoms with E-state index in [9.17, 15) is 14.3 Å². The molecule has 0 fully saturated rings. The van der Waals surface area contributed by atoms with Gasteiger partial charge in [-0.3, -0.25) is 4.79 Å². The molecule has 0 aliphatic rings. The first kappa shape index (κ1) is 15.5. The van der Waals surface area contributed by atoms with Gasteiger partial charge in [0, 0.05) is 17.1 Å². The molecule has 5 heteroatoms. The Morgan fingerprint density at radius 2 is 1.95 bits per heavy atom. The minimum absolute atomic E-state index is 0.125. The summed E-state index contributed by atoms with van der Waals surface area (Å²) in [6.07, 6.45) is -0.803. The monoisotopic (exact) mass is 307 g/mol. The zero-order valence-corrected chi connectivity index (χ0v) is 12.2. The number of hydrogen-bond donors (Lipinski definition) is 2. The van der Waals surface area contributed by atoms with Crippen LogP contribution in [-0.2, 0) is 0 Å². The summed E-state index contributed by atoms with van der Waals surface area (Å²) in [6, 6.07) is 10.9. The summed E-state index contributed by atoms with van der Waals surface area (Å²) < 4.78 is 13.7. The van der Waals surface area contributed by atoms with Gasteiger partial charge >= 0.3 is 0 Å². The van der Waals surface area contributed by atoms with Crippen LogP contribution in [0, 0.1) is 5.82 Å². The van der Waals surface area contributed by atoms with Crippen molar-refractivity contribution in [1.82, 2.24) is 0 Å². The molecule has 2 aromatic carbocycles. The van der Waals surface area contributed by atoms with E-state index in [0.717, 1.165) is 0 Å². The molecular formula is C16H15ClFNO2. The maximum absolute atomic E-state index is 13.7. The number of nitrogens with one attached hydrogen (secondary N) is 1. The number of aliphatic hydroxyl groups is 1. The van der Waals surface area contributed by atoms with E-state index in [-0.39, 0.29) is 18.0 Å². The number of aliphatic hydroxyl groups excluding tert-OH is 1. The standard InChI is InChI=1S/C16H15ClFNO2/c1-10(20)12-4-7-14(18)15(8-12)19-9-16(21)11-2-5-13(17)6-3-11/h2-8,16,19,21H,9H2,1H3. The van der Waals surface area contributed by atoms with E-state index in [4.69, 9.17) is 11.6 Å². The van der Waals surface area contributed by atoms with Crippen LogP contribution < -0.4 is 5.32 Å². The number of carbonyl (C=O) groups is 1. The molecular weight excluding hydrogens is 293 g/mol. The predicted molar refractivity (Wildman–Crippen MR) is 81.3 cm³/mol. The molecule has 2 aromatic rings. The molecule has 0 aliphatic carbocycles. The van der Waals surface area contributed by atoms with E-state index in [1.165, 1.54) is 25.1 Å². The largest absolute Gasteiger partial charge is 0.387 e. The van der Waals surface area contributed by atoms with Crippen molar-refractivity contribution in [3.63, 3.8) is 0 Å². The van der Waals surface area contributed by atoms with Gasteiger partial charge in [0.25, 0.3) is 0 Å². The Morgan fingerprint density at radius 1 is 1.29 bits per heavy atom. The minimum Gasteiger partial charge on any atom is -0.387 e. The molecule has 3 nitrogen and oxygen atoms in total. The van der Waals surface area contributed by atoms with Crippen LogP contribution in [0.25, 0.3) is 0 Å². The van der Waals surface area contributed by atoms with Gasteiger partial charge in [-0.05, 0) is 42.8 Å². The van der Waals surface area contributed by atoms with Crippen LogP contribution in [-0.4, -0.2) is 17.4 Å². The highest BCUT2D eigenvalue weighted by Gasteiger charge is 2.10. The summed E-state index contributed by atoms with van der Waals surface area (Å²) in [5, 5.41) is 13.4. The lowest BCUT2D eigenvalue weighted by Gasteiger charge is -2.14. The Hall–Kier alpha value is -1.91. The highest BCUT2D eigenvalue weighted by Crippen LogP contribution is 2.20. The van der Waals surface area contributed by atoms with Crippen LogP contribution in [0.3, 0.4) is 0 Å². The molecule has 0 heterocycles. The van der Waals surface area contributed by atoms with Gasteiger partial charge in [0.05, 0.1) is 11.8 Å². The van der Waals surface area contributed by atoms with Gasteiger partial charge < -0.3 is 10.4 Å². The smallest absolute Gasteiger partial charge is 0.159 e. The normalized spacial score (nSPS) is 12.0. The molecule has 1 atom stereocenters. The van der Waals surface area contributed by atoms with E-state index in [0.29, 0.717) is 16.1 Å². The van der Waals surface area contributed by atoms with Crippen molar-refractivity contribution >= 4 is 23.1 Å². The lowest BCUT2D eigenvalue weighted by molar-refractivity contribution is 0.101. The van der Waals surface area contributed by atoms with Crippen LogP contribution in [0.4, 0.5) is 10.1 Å². The summed E-state index contributed by atoms with van der Waals surface area (Å²) in [4.78, 5) is 11.3. The maximum atomic E-state index is 13.7. The fraction of sp³-hybridized carbons (Fsp3) is 0.188. The topological polar surface area (TPSA) is 49.3 Å². The quantitative estimate of drug-likeness (QED) is 0.825. The number of halogens is 2. The van der Waals surface area contributed by atoms with Crippen molar-refractivity contribution in [3.05, 3.63) is 64.4 Å². The zero-order valence-electron chi connectivity index (χ0n) is 11.4. The maximum Gasteiger partial charge on any atom is 0.159 e. The molecule has 0 amide bonds. The second-order valence-electron chi connectivity index (χ2n) is 4.70.